The summed E-state index contributed by atoms with van der Waals surface area (Å²) in [5, 5.41) is 3.23. The summed E-state index contributed by atoms with van der Waals surface area (Å²) in [4.78, 5) is 20.6. The molecule has 3 aromatic carbocycles. The van der Waals surface area contributed by atoms with Gasteiger partial charge in [0.05, 0.1) is 23.5 Å². The number of H-pyrrole nitrogens is 1. The zero-order valence-electron chi connectivity index (χ0n) is 15.5. The van der Waals surface area contributed by atoms with Crippen LogP contribution in [-0.2, 0) is 17.6 Å². The fraction of sp³-hybridized carbons (Fsp3) is 0.130. The van der Waals surface area contributed by atoms with Crippen LogP contribution in [0, 0.1) is 5.82 Å². The van der Waals surface area contributed by atoms with E-state index in [1.54, 1.807) is 6.07 Å². The fourth-order valence-corrected chi connectivity index (χ4v) is 3.54. The number of benzene rings is 3. The zero-order valence-corrected chi connectivity index (χ0v) is 16.3. The summed E-state index contributed by atoms with van der Waals surface area (Å²) in [6.07, 6.45) is 0.411. The van der Waals surface area contributed by atoms with Gasteiger partial charge in [-0.15, -0.1) is 0 Å². The number of halogens is 2. The molecule has 0 bridgehead atoms. The Bertz CT molecular complexity index is 1090. The van der Waals surface area contributed by atoms with Gasteiger partial charge < -0.3 is 10.3 Å². The van der Waals surface area contributed by atoms with E-state index in [1.165, 1.54) is 12.1 Å². The number of fused-ring (bicyclic) bond motifs is 1. The molecule has 1 unspecified atom stereocenters. The molecule has 2 N–H and O–H groups in total. The lowest BCUT2D eigenvalue weighted by Crippen LogP contribution is -2.32. The van der Waals surface area contributed by atoms with Gasteiger partial charge in [0, 0.05) is 10.6 Å². The molecule has 0 spiro atoms. The number of hydrogen-bond acceptors (Lipinski definition) is 2. The Hall–Kier alpha value is -3.18. The first-order valence-electron chi connectivity index (χ1n) is 9.31. The fourth-order valence-electron chi connectivity index (χ4n) is 3.31. The molecule has 4 nitrogen and oxygen atoms in total. The monoisotopic (exact) mass is 407 g/mol. The summed E-state index contributed by atoms with van der Waals surface area (Å²) in [6, 6.07) is 21.5. The zero-order chi connectivity index (χ0) is 20.2. The van der Waals surface area contributed by atoms with Crippen molar-refractivity contribution in [2.24, 2.45) is 0 Å². The van der Waals surface area contributed by atoms with Crippen molar-refractivity contribution in [1.82, 2.24) is 15.3 Å². The van der Waals surface area contributed by atoms with Gasteiger partial charge >= 0.3 is 0 Å². The minimum atomic E-state index is -0.490. The summed E-state index contributed by atoms with van der Waals surface area (Å²) in [5.41, 5.74) is 2.97. The van der Waals surface area contributed by atoms with Crippen molar-refractivity contribution in [3.8, 4) is 0 Å². The average Bonchev–Trinajstić information content (AvgIpc) is 3.15. The Balaban J connectivity index is 1.60. The Kier molecular flexibility index (Phi) is 5.58. The van der Waals surface area contributed by atoms with Gasteiger partial charge in [0.1, 0.15) is 11.6 Å². The van der Waals surface area contributed by atoms with E-state index < -0.39 is 5.82 Å². The first-order chi connectivity index (χ1) is 14.1. The van der Waals surface area contributed by atoms with E-state index in [1.807, 2.05) is 54.6 Å². The van der Waals surface area contributed by atoms with Crippen molar-refractivity contribution in [1.29, 1.82) is 0 Å². The molecule has 4 aromatic rings. The minimum Gasteiger partial charge on any atom is -0.346 e. The van der Waals surface area contributed by atoms with Gasteiger partial charge in [-0.2, -0.15) is 0 Å². The standard InChI is InChI=1S/C23H19ClFN3O/c24-17-9-6-10-18(25)16(17)14-22(29)26-21(13-15-7-2-1-3-8-15)23-27-19-11-4-5-12-20(19)28-23/h1-12,21H,13-14H2,(H,26,29)(H,27,28). The lowest BCUT2D eigenvalue weighted by molar-refractivity contribution is -0.121. The molecule has 0 aliphatic heterocycles. The Morgan fingerprint density at radius 1 is 1.03 bits per heavy atom. The second-order valence-corrected chi connectivity index (χ2v) is 7.23. The summed E-state index contributed by atoms with van der Waals surface area (Å²) < 4.78 is 14.1. The van der Waals surface area contributed by atoms with E-state index in [2.05, 4.69) is 15.3 Å². The number of nitrogens with one attached hydrogen (secondary N) is 2. The van der Waals surface area contributed by atoms with E-state index in [9.17, 15) is 9.18 Å². The van der Waals surface area contributed by atoms with Crippen LogP contribution in [0.4, 0.5) is 4.39 Å². The van der Waals surface area contributed by atoms with Gasteiger partial charge in [-0.05, 0) is 36.2 Å². The Labute approximate surface area is 172 Å². The molecule has 1 heterocycles. The molecule has 0 fully saturated rings. The molecule has 6 heteroatoms. The van der Waals surface area contributed by atoms with E-state index in [-0.39, 0.29) is 29.0 Å². The van der Waals surface area contributed by atoms with Crippen LogP contribution in [0.5, 0.6) is 0 Å². The number of aromatic amines is 1. The van der Waals surface area contributed by atoms with Crippen molar-refractivity contribution in [2.75, 3.05) is 0 Å². The van der Waals surface area contributed by atoms with Crippen LogP contribution in [0.3, 0.4) is 0 Å². The smallest absolute Gasteiger partial charge is 0.225 e. The highest BCUT2D eigenvalue weighted by Crippen LogP contribution is 2.22. The first kappa shape index (κ1) is 19.2. The topological polar surface area (TPSA) is 57.8 Å². The predicted molar refractivity (Wildman–Crippen MR) is 112 cm³/mol. The summed E-state index contributed by atoms with van der Waals surface area (Å²) >= 11 is 6.07. The van der Waals surface area contributed by atoms with E-state index in [0.717, 1.165) is 16.6 Å². The number of amides is 1. The van der Waals surface area contributed by atoms with Crippen LogP contribution < -0.4 is 5.32 Å². The summed E-state index contributed by atoms with van der Waals surface area (Å²) in [5.74, 6) is -0.155. The first-order valence-corrected chi connectivity index (χ1v) is 9.69. The predicted octanol–water partition coefficient (Wildman–Crippen LogP) is 5.00. The highest BCUT2D eigenvalue weighted by atomic mass is 35.5. The quantitative estimate of drug-likeness (QED) is 0.472. The molecule has 0 saturated carbocycles. The Morgan fingerprint density at radius 2 is 1.79 bits per heavy atom. The summed E-state index contributed by atoms with van der Waals surface area (Å²) in [6.45, 7) is 0. The van der Waals surface area contributed by atoms with Gasteiger partial charge in [-0.3, -0.25) is 4.79 Å². The van der Waals surface area contributed by atoms with Crippen LogP contribution in [-0.4, -0.2) is 15.9 Å². The molecular formula is C23H19ClFN3O. The molecule has 4 rings (SSSR count). The number of rotatable bonds is 6. The second-order valence-electron chi connectivity index (χ2n) is 6.83. The maximum atomic E-state index is 14.1. The third kappa shape index (κ3) is 4.46. The number of carbonyl (C=O) groups excluding carboxylic acids is 1. The highest BCUT2D eigenvalue weighted by Gasteiger charge is 2.20. The average molecular weight is 408 g/mol. The van der Waals surface area contributed by atoms with E-state index in [4.69, 9.17) is 11.6 Å². The van der Waals surface area contributed by atoms with Crippen LogP contribution in [0.2, 0.25) is 5.02 Å². The third-order valence-electron chi connectivity index (χ3n) is 4.75. The molecule has 1 aromatic heterocycles. The number of hydrogen-bond donors (Lipinski definition) is 2. The van der Waals surface area contributed by atoms with Crippen molar-refractivity contribution in [2.45, 2.75) is 18.9 Å². The van der Waals surface area contributed by atoms with Crippen molar-refractivity contribution in [3.63, 3.8) is 0 Å². The third-order valence-corrected chi connectivity index (χ3v) is 5.11. The van der Waals surface area contributed by atoms with Crippen LogP contribution in [0.1, 0.15) is 23.0 Å². The van der Waals surface area contributed by atoms with E-state index >= 15 is 0 Å². The van der Waals surface area contributed by atoms with Crippen LogP contribution in [0.15, 0.2) is 72.8 Å². The van der Waals surface area contributed by atoms with Gasteiger partial charge in [-0.1, -0.05) is 60.1 Å². The van der Waals surface area contributed by atoms with Gasteiger partial charge in [-0.25, -0.2) is 9.37 Å². The maximum absolute atomic E-state index is 14.1. The van der Waals surface area contributed by atoms with Crippen molar-refractivity contribution in [3.05, 3.63) is 101 Å². The normalized spacial score (nSPS) is 12.1. The molecule has 1 atom stereocenters. The minimum absolute atomic E-state index is 0.142. The van der Waals surface area contributed by atoms with Gasteiger partial charge in [0.25, 0.3) is 0 Å². The highest BCUT2D eigenvalue weighted by molar-refractivity contribution is 6.31. The van der Waals surface area contributed by atoms with Gasteiger partial charge in [0.15, 0.2) is 0 Å². The Morgan fingerprint density at radius 3 is 2.55 bits per heavy atom. The molecule has 29 heavy (non-hydrogen) atoms. The lowest BCUT2D eigenvalue weighted by Gasteiger charge is -2.17. The SMILES string of the molecule is O=C(Cc1c(F)cccc1Cl)NC(Cc1ccccc1)c1nc2ccccc2[nH]1. The maximum Gasteiger partial charge on any atom is 0.225 e. The summed E-state index contributed by atoms with van der Waals surface area (Å²) in [7, 11) is 0. The lowest BCUT2D eigenvalue weighted by atomic mass is 10.0. The molecule has 1 amide bonds. The number of imidazole rings is 1. The second kappa shape index (κ2) is 8.45. The van der Waals surface area contributed by atoms with Crippen molar-refractivity contribution >= 4 is 28.5 Å². The van der Waals surface area contributed by atoms with Crippen molar-refractivity contribution < 1.29 is 9.18 Å². The number of para-hydroxylation sites is 2. The molecule has 146 valence electrons. The number of nitrogens with zero attached hydrogens (tertiary/aromatic N) is 1. The molecule has 0 aliphatic rings. The van der Waals surface area contributed by atoms with E-state index in [0.29, 0.717) is 12.2 Å². The molecule has 0 aliphatic carbocycles. The van der Waals surface area contributed by atoms with Gasteiger partial charge in [0.2, 0.25) is 5.91 Å². The number of carbonyl (C=O) groups is 1. The molecule has 0 radical (unpaired) electrons. The molecular weight excluding hydrogens is 389 g/mol. The largest absolute Gasteiger partial charge is 0.346 e. The van der Waals surface area contributed by atoms with Crippen LogP contribution >= 0.6 is 11.6 Å². The van der Waals surface area contributed by atoms with Crippen LogP contribution in [0.25, 0.3) is 11.0 Å². The molecule has 0 saturated heterocycles. The number of aromatic nitrogens is 2.